The topological polar surface area (TPSA) is 92.8 Å². The van der Waals surface area contributed by atoms with Crippen molar-refractivity contribution < 1.29 is 31.5 Å². The minimum Gasteiger partial charge on any atom is -0.463 e. The Morgan fingerprint density at radius 3 is 2.50 bits per heavy atom. The second kappa shape index (κ2) is 7.50. The SMILES string of the molecule is CCOC(=O)C1=C(C)N([C@H]2CCS(=O)(=O)C2)C(=O)N[C@H]1c1c(F)cccc1F. The monoisotopic (exact) mass is 414 g/mol. The highest BCUT2D eigenvalue weighted by Crippen LogP contribution is 2.36. The number of nitrogens with one attached hydrogen (secondary N) is 1. The van der Waals surface area contributed by atoms with Crippen molar-refractivity contribution >= 4 is 21.8 Å². The van der Waals surface area contributed by atoms with E-state index < -0.39 is 51.1 Å². The summed E-state index contributed by atoms with van der Waals surface area (Å²) in [6.45, 7) is 3.05. The van der Waals surface area contributed by atoms with Gasteiger partial charge in [-0.3, -0.25) is 4.90 Å². The van der Waals surface area contributed by atoms with Gasteiger partial charge in [0.2, 0.25) is 0 Å². The molecule has 2 heterocycles. The van der Waals surface area contributed by atoms with E-state index in [0.717, 1.165) is 12.1 Å². The Balaban J connectivity index is 2.12. The molecule has 152 valence electrons. The van der Waals surface area contributed by atoms with Gasteiger partial charge in [-0.05, 0) is 32.4 Å². The van der Waals surface area contributed by atoms with E-state index in [1.807, 2.05) is 0 Å². The van der Waals surface area contributed by atoms with Crippen LogP contribution in [0.5, 0.6) is 0 Å². The van der Waals surface area contributed by atoms with Gasteiger partial charge in [0.1, 0.15) is 11.6 Å². The highest BCUT2D eigenvalue weighted by atomic mass is 32.2. The van der Waals surface area contributed by atoms with Crippen LogP contribution in [0.1, 0.15) is 31.9 Å². The third-order valence-corrected chi connectivity index (χ3v) is 6.63. The number of benzene rings is 1. The molecule has 1 aromatic rings. The van der Waals surface area contributed by atoms with E-state index in [1.165, 1.54) is 17.9 Å². The van der Waals surface area contributed by atoms with Crippen molar-refractivity contribution in [3.63, 3.8) is 0 Å². The summed E-state index contributed by atoms with van der Waals surface area (Å²) in [6.07, 6.45) is 0.210. The Hall–Kier alpha value is -2.49. The van der Waals surface area contributed by atoms with Crippen LogP contribution in [0.15, 0.2) is 29.5 Å². The summed E-state index contributed by atoms with van der Waals surface area (Å²) in [4.78, 5) is 26.5. The van der Waals surface area contributed by atoms with Crippen molar-refractivity contribution in [1.29, 1.82) is 0 Å². The van der Waals surface area contributed by atoms with Crippen LogP contribution >= 0.6 is 0 Å². The summed E-state index contributed by atoms with van der Waals surface area (Å²) < 4.78 is 57.4. The van der Waals surface area contributed by atoms with Crippen LogP contribution in [0.2, 0.25) is 0 Å². The fourth-order valence-corrected chi connectivity index (χ4v) is 5.35. The highest BCUT2D eigenvalue weighted by Gasteiger charge is 2.43. The average molecular weight is 414 g/mol. The molecule has 0 radical (unpaired) electrons. The Morgan fingerprint density at radius 2 is 1.96 bits per heavy atom. The second-order valence-electron chi connectivity index (χ2n) is 6.66. The summed E-state index contributed by atoms with van der Waals surface area (Å²) in [6, 6.07) is 0.454. The van der Waals surface area contributed by atoms with Gasteiger partial charge in [-0.15, -0.1) is 0 Å². The molecule has 0 saturated carbocycles. The van der Waals surface area contributed by atoms with Crippen molar-refractivity contribution in [2.75, 3.05) is 18.1 Å². The molecule has 1 fully saturated rings. The minimum absolute atomic E-state index is 0.0217. The molecule has 2 aliphatic heterocycles. The van der Waals surface area contributed by atoms with Crippen LogP contribution in [0.4, 0.5) is 13.6 Å². The van der Waals surface area contributed by atoms with E-state index in [4.69, 9.17) is 4.74 Å². The number of rotatable bonds is 4. The summed E-state index contributed by atoms with van der Waals surface area (Å²) in [5, 5.41) is 2.44. The van der Waals surface area contributed by atoms with E-state index >= 15 is 0 Å². The highest BCUT2D eigenvalue weighted by molar-refractivity contribution is 7.91. The van der Waals surface area contributed by atoms with Crippen molar-refractivity contribution in [2.24, 2.45) is 0 Å². The van der Waals surface area contributed by atoms with Gasteiger partial charge in [-0.25, -0.2) is 26.8 Å². The largest absolute Gasteiger partial charge is 0.463 e. The molecular weight excluding hydrogens is 394 g/mol. The fourth-order valence-electron chi connectivity index (χ4n) is 3.65. The first-order valence-electron chi connectivity index (χ1n) is 8.78. The Morgan fingerprint density at radius 1 is 1.32 bits per heavy atom. The maximum absolute atomic E-state index is 14.4. The molecule has 2 amide bonds. The first-order chi connectivity index (χ1) is 13.2. The summed E-state index contributed by atoms with van der Waals surface area (Å²) in [5.41, 5.74) is -0.483. The lowest BCUT2D eigenvalue weighted by molar-refractivity contribution is -0.139. The van der Waals surface area contributed by atoms with Gasteiger partial charge in [-0.1, -0.05) is 6.07 Å². The Bertz CT molecular complexity index is 940. The summed E-state index contributed by atoms with van der Waals surface area (Å²) in [7, 11) is -3.30. The number of ether oxygens (including phenoxy) is 1. The molecule has 7 nitrogen and oxygen atoms in total. The normalized spacial score (nSPS) is 24.3. The zero-order chi connectivity index (χ0) is 20.6. The molecule has 3 rings (SSSR count). The van der Waals surface area contributed by atoms with E-state index in [2.05, 4.69) is 5.32 Å². The lowest BCUT2D eigenvalue weighted by Gasteiger charge is -2.38. The number of amides is 2. The van der Waals surface area contributed by atoms with Crippen LogP contribution in [-0.4, -0.2) is 49.5 Å². The third-order valence-electron chi connectivity index (χ3n) is 4.88. The number of carbonyl (C=O) groups excluding carboxylic acids is 2. The molecule has 1 N–H and O–H groups in total. The number of sulfone groups is 1. The predicted molar refractivity (Wildman–Crippen MR) is 95.9 cm³/mol. The van der Waals surface area contributed by atoms with Crippen molar-refractivity contribution in [1.82, 2.24) is 10.2 Å². The van der Waals surface area contributed by atoms with Crippen LogP contribution in [0, 0.1) is 11.6 Å². The fraction of sp³-hybridized carbons (Fsp3) is 0.444. The maximum Gasteiger partial charge on any atom is 0.338 e. The van der Waals surface area contributed by atoms with E-state index in [1.54, 1.807) is 6.92 Å². The van der Waals surface area contributed by atoms with Gasteiger partial charge >= 0.3 is 12.0 Å². The molecule has 1 aromatic carbocycles. The molecule has 0 unspecified atom stereocenters. The first-order valence-corrected chi connectivity index (χ1v) is 10.6. The number of halogens is 2. The number of urea groups is 1. The number of hydrogen-bond acceptors (Lipinski definition) is 5. The number of carbonyl (C=O) groups is 2. The molecule has 10 heteroatoms. The molecule has 0 aromatic heterocycles. The Kier molecular flexibility index (Phi) is 5.42. The number of hydrogen-bond donors (Lipinski definition) is 1. The van der Waals surface area contributed by atoms with Crippen molar-refractivity contribution in [3.8, 4) is 0 Å². The lowest BCUT2D eigenvalue weighted by atomic mass is 9.93. The van der Waals surface area contributed by atoms with Crippen LogP contribution in [-0.2, 0) is 19.4 Å². The molecule has 0 aliphatic carbocycles. The quantitative estimate of drug-likeness (QED) is 0.762. The molecular formula is C18H20F2N2O5S. The lowest BCUT2D eigenvalue weighted by Crippen LogP contribution is -2.52. The Labute approximate surface area is 161 Å². The molecule has 2 aliphatic rings. The molecule has 2 atom stereocenters. The van der Waals surface area contributed by atoms with E-state index in [0.29, 0.717) is 0 Å². The van der Waals surface area contributed by atoms with Gasteiger partial charge in [0.25, 0.3) is 0 Å². The standard InChI is InChI=1S/C18H20F2N2O5S/c1-3-27-17(23)14-10(2)22(11-7-8-28(25,26)9-11)18(24)21-16(14)15-12(19)5-4-6-13(15)20/h4-6,11,16H,3,7-9H2,1-2H3,(H,21,24)/t11-,16+/m0/s1. The predicted octanol–water partition coefficient (Wildman–Crippen LogP) is 2.06. The molecule has 1 saturated heterocycles. The summed E-state index contributed by atoms with van der Waals surface area (Å²) in [5.74, 6) is -2.99. The van der Waals surface area contributed by atoms with Crippen LogP contribution in [0.3, 0.4) is 0 Å². The van der Waals surface area contributed by atoms with Gasteiger partial charge in [-0.2, -0.15) is 0 Å². The molecule has 0 bridgehead atoms. The third kappa shape index (κ3) is 3.60. The first kappa shape index (κ1) is 20.2. The van der Waals surface area contributed by atoms with Gasteiger partial charge in [0.05, 0.1) is 41.3 Å². The number of esters is 1. The smallest absolute Gasteiger partial charge is 0.338 e. The minimum atomic E-state index is -3.30. The second-order valence-corrected chi connectivity index (χ2v) is 8.89. The summed E-state index contributed by atoms with van der Waals surface area (Å²) >= 11 is 0. The van der Waals surface area contributed by atoms with Gasteiger partial charge < -0.3 is 10.1 Å². The zero-order valence-electron chi connectivity index (χ0n) is 15.4. The number of allylic oxidation sites excluding steroid dienone is 1. The van der Waals surface area contributed by atoms with Crippen molar-refractivity contribution in [2.45, 2.75) is 32.4 Å². The van der Waals surface area contributed by atoms with Crippen LogP contribution in [0.25, 0.3) is 0 Å². The van der Waals surface area contributed by atoms with E-state index in [9.17, 15) is 26.8 Å². The van der Waals surface area contributed by atoms with Crippen LogP contribution < -0.4 is 5.32 Å². The number of nitrogens with zero attached hydrogens (tertiary/aromatic N) is 1. The van der Waals surface area contributed by atoms with Gasteiger partial charge in [0, 0.05) is 5.70 Å². The van der Waals surface area contributed by atoms with Gasteiger partial charge in [0.15, 0.2) is 9.84 Å². The van der Waals surface area contributed by atoms with Crippen molar-refractivity contribution in [3.05, 3.63) is 46.7 Å². The molecule has 28 heavy (non-hydrogen) atoms. The zero-order valence-corrected chi connectivity index (χ0v) is 16.2. The maximum atomic E-state index is 14.4. The van der Waals surface area contributed by atoms with E-state index in [-0.39, 0.29) is 35.8 Å². The molecule has 0 spiro atoms. The average Bonchev–Trinajstić information content (AvgIpc) is 2.94.